The smallest absolute Gasteiger partial charge is 0.417 e. The first-order chi connectivity index (χ1) is 10.9. The Bertz CT molecular complexity index is 503. The summed E-state index contributed by atoms with van der Waals surface area (Å²) in [5.41, 5.74) is -0.697. The summed E-state index contributed by atoms with van der Waals surface area (Å²) in [6.45, 7) is 8.95. The van der Waals surface area contributed by atoms with E-state index in [-0.39, 0.29) is 12.6 Å². The Balaban J connectivity index is 2.11. The zero-order valence-corrected chi connectivity index (χ0v) is 16.3. The quantitative estimate of drug-likeness (QED) is 0.720. The Morgan fingerprint density at radius 3 is 2.58 bits per heavy atom. The largest absolute Gasteiger partial charge is 0.443 e. The van der Waals surface area contributed by atoms with E-state index in [1.165, 1.54) is 0 Å². The highest BCUT2D eigenvalue weighted by Gasteiger charge is 2.50. The van der Waals surface area contributed by atoms with Gasteiger partial charge in [-0.3, -0.25) is 4.79 Å². The van der Waals surface area contributed by atoms with Crippen LogP contribution in [0.5, 0.6) is 0 Å². The van der Waals surface area contributed by atoms with Crippen LogP contribution in [0.25, 0.3) is 0 Å². The molecule has 0 aromatic rings. The fourth-order valence-corrected chi connectivity index (χ4v) is 3.52. The van der Waals surface area contributed by atoms with Crippen molar-refractivity contribution in [2.75, 3.05) is 11.9 Å². The lowest BCUT2D eigenvalue weighted by Gasteiger charge is -2.27. The fraction of sp³-hybridized carbons (Fsp3) is 0.875. The first-order valence-corrected chi connectivity index (χ1v) is 9.19. The van der Waals surface area contributed by atoms with E-state index in [0.29, 0.717) is 11.8 Å². The minimum absolute atomic E-state index is 0.212. The highest BCUT2D eigenvalue weighted by molar-refractivity contribution is 9.09. The van der Waals surface area contributed by atoms with Gasteiger partial charge in [-0.1, -0.05) is 15.9 Å². The van der Waals surface area contributed by atoms with Crippen molar-refractivity contribution in [1.82, 2.24) is 4.90 Å². The minimum atomic E-state index is -1.03. The molecule has 4 atom stereocenters. The molecule has 0 aromatic carbocycles. The highest BCUT2D eigenvalue weighted by Crippen LogP contribution is 2.34. The number of carbonyl (C=O) groups is 2. The van der Waals surface area contributed by atoms with Gasteiger partial charge in [0.25, 0.3) is 0 Å². The molecule has 0 radical (unpaired) electrons. The highest BCUT2D eigenvalue weighted by atomic mass is 79.9. The number of halogens is 1. The number of carbonyl (C=O) groups excluding carboxylic acids is 2. The Labute approximate surface area is 150 Å². The second kappa shape index (κ2) is 6.90. The van der Waals surface area contributed by atoms with Gasteiger partial charge in [0.2, 0.25) is 5.91 Å². The number of hydrogen-bond acceptors (Lipinski definition) is 6. The van der Waals surface area contributed by atoms with E-state index in [1.807, 2.05) is 0 Å². The number of imide groups is 1. The van der Waals surface area contributed by atoms with Crippen molar-refractivity contribution in [2.45, 2.75) is 70.7 Å². The third-order valence-electron chi connectivity index (χ3n) is 4.04. The molecule has 2 aliphatic rings. The number of aliphatic hydroxyl groups is 1. The average Bonchev–Trinajstić information content (AvgIpc) is 2.96. The molecule has 2 saturated heterocycles. The third kappa shape index (κ3) is 4.28. The number of alkyl halides is 1. The molecule has 0 aliphatic carbocycles. The van der Waals surface area contributed by atoms with Crippen LogP contribution in [-0.2, 0) is 19.0 Å². The lowest BCUT2D eigenvalue weighted by atomic mass is 9.95. The third-order valence-corrected chi connectivity index (χ3v) is 4.79. The van der Waals surface area contributed by atoms with Crippen LogP contribution in [0.4, 0.5) is 4.79 Å². The molecule has 8 heteroatoms. The van der Waals surface area contributed by atoms with Crippen LogP contribution in [0, 0.1) is 5.92 Å². The van der Waals surface area contributed by atoms with Crippen molar-refractivity contribution in [3.8, 4) is 0 Å². The summed E-state index contributed by atoms with van der Waals surface area (Å²) in [6, 6.07) is -0.359. The van der Waals surface area contributed by atoms with Gasteiger partial charge in [-0.05, 0) is 41.0 Å². The zero-order chi connectivity index (χ0) is 18.3. The number of hydrogen-bond donors (Lipinski definition) is 1. The van der Waals surface area contributed by atoms with Gasteiger partial charge < -0.3 is 19.3 Å². The number of aliphatic hydroxyl groups excluding tert-OH is 1. The Kier molecular flexibility index (Phi) is 5.64. The molecule has 1 unspecified atom stereocenters. The molecular formula is C16H26BrNO6. The summed E-state index contributed by atoms with van der Waals surface area (Å²) in [5, 5.41) is 11.0. The SMILES string of the molecule is CC(C)(C)OC(=O)N1C(=O)[C@H](C(O)[C@H]2COC(C)(C)O2)C[C@H]1CBr. The predicted molar refractivity (Wildman–Crippen MR) is 89.7 cm³/mol. The fourth-order valence-electron chi connectivity index (χ4n) is 2.97. The normalized spacial score (nSPS) is 31.4. The van der Waals surface area contributed by atoms with Gasteiger partial charge in [0, 0.05) is 5.33 Å². The molecule has 0 spiro atoms. The first-order valence-electron chi connectivity index (χ1n) is 8.07. The predicted octanol–water partition coefficient (Wildman–Crippen LogP) is 2.05. The molecule has 2 amide bonds. The lowest BCUT2D eigenvalue weighted by Crippen LogP contribution is -2.45. The van der Waals surface area contributed by atoms with Crippen LogP contribution in [-0.4, -0.2) is 63.6 Å². The van der Waals surface area contributed by atoms with Crippen molar-refractivity contribution in [2.24, 2.45) is 5.92 Å². The monoisotopic (exact) mass is 407 g/mol. The standard InChI is InChI=1S/C16H26BrNO6/c1-15(2,3)24-14(21)18-9(7-17)6-10(13(18)20)12(19)11-8-22-16(4,5)23-11/h9-12,19H,6-8H2,1-5H3/t9-,10-,11+,12?/m0/s1. The van der Waals surface area contributed by atoms with Crippen LogP contribution in [0.3, 0.4) is 0 Å². The van der Waals surface area contributed by atoms with Gasteiger partial charge in [0.1, 0.15) is 11.7 Å². The molecule has 2 heterocycles. The molecule has 0 bridgehead atoms. The maximum Gasteiger partial charge on any atom is 0.417 e. The first kappa shape index (κ1) is 19.6. The number of amides is 2. The number of ether oxygens (including phenoxy) is 3. The molecule has 2 rings (SSSR count). The van der Waals surface area contributed by atoms with E-state index in [2.05, 4.69) is 15.9 Å². The molecule has 1 N–H and O–H groups in total. The van der Waals surface area contributed by atoms with E-state index in [1.54, 1.807) is 34.6 Å². The zero-order valence-electron chi connectivity index (χ0n) is 14.7. The van der Waals surface area contributed by atoms with Crippen LogP contribution in [0.2, 0.25) is 0 Å². The molecule has 2 fully saturated rings. The van der Waals surface area contributed by atoms with E-state index in [9.17, 15) is 14.7 Å². The Morgan fingerprint density at radius 2 is 2.12 bits per heavy atom. The van der Waals surface area contributed by atoms with E-state index < -0.39 is 41.5 Å². The second-order valence-electron chi connectivity index (χ2n) is 7.70. The van der Waals surface area contributed by atoms with Crippen molar-refractivity contribution >= 4 is 27.9 Å². The number of rotatable bonds is 3. The summed E-state index contributed by atoms with van der Waals surface area (Å²) in [4.78, 5) is 26.2. The van der Waals surface area contributed by atoms with Gasteiger partial charge in [-0.15, -0.1) is 0 Å². The summed E-state index contributed by atoms with van der Waals surface area (Å²) in [6.07, 6.45) is -1.96. The average molecular weight is 408 g/mol. The van der Waals surface area contributed by atoms with Crippen molar-refractivity contribution in [1.29, 1.82) is 0 Å². The maximum atomic E-state index is 12.7. The van der Waals surface area contributed by atoms with Crippen LogP contribution >= 0.6 is 15.9 Å². The van der Waals surface area contributed by atoms with Crippen LogP contribution < -0.4 is 0 Å². The molecule has 7 nitrogen and oxygen atoms in total. The van der Waals surface area contributed by atoms with Gasteiger partial charge in [-0.25, -0.2) is 9.69 Å². The minimum Gasteiger partial charge on any atom is -0.443 e. The number of likely N-dealkylation sites (tertiary alicyclic amines) is 1. The summed E-state index contributed by atoms with van der Waals surface area (Å²) in [5.74, 6) is -1.94. The molecule has 0 saturated carbocycles. The lowest BCUT2D eigenvalue weighted by molar-refractivity contribution is -0.159. The second-order valence-corrected chi connectivity index (χ2v) is 8.34. The van der Waals surface area contributed by atoms with E-state index >= 15 is 0 Å². The van der Waals surface area contributed by atoms with Gasteiger partial charge in [0.15, 0.2) is 5.79 Å². The van der Waals surface area contributed by atoms with Crippen molar-refractivity contribution in [3.63, 3.8) is 0 Å². The number of nitrogens with zero attached hydrogens (tertiary/aromatic N) is 1. The molecule has 0 aromatic heterocycles. The molecule has 2 aliphatic heterocycles. The van der Waals surface area contributed by atoms with E-state index in [0.717, 1.165) is 4.90 Å². The molecule has 24 heavy (non-hydrogen) atoms. The van der Waals surface area contributed by atoms with Crippen molar-refractivity contribution in [3.05, 3.63) is 0 Å². The maximum absolute atomic E-state index is 12.7. The van der Waals surface area contributed by atoms with Crippen LogP contribution in [0.15, 0.2) is 0 Å². The van der Waals surface area contributed by atoms with Gasteiger partial charge in [0.05, 0.1) is 24.7 Å². The van der Waals surface area contributed by atoms with Crippen LogP contribution in [0.1, 0.15) is 41.0 Å². The van der Waals surface area contributed by atoms with Gasteiger partial charge >= 0.3 is 6.09 Å². The van der Waals surface area contributed by atoms with E-state index in [4.69, 9.17) is 14.2 Å². The Hall–Kier alpha value is -0.700. The van der Waals surface area contributed by atoms with Crippen molar-refractivity contribution < 1.29 is 28.9 Å². The summed E-state index contributed by atoms with van der Waals surface area (Å²) in [7, 11) is 0. The topological polar surface area (TPSA) is 85.3 Å². The molecular weight excluding hydrogens is 382 g/mol. The van der Waals surface area contributed by atoms with Gasteiger partial charge in [-0.2, -0.15) is 0 Å². The Morgan fingerprint density at radius 1 is 1.50 bits per heavy atom. The summed E-state index contributed by atoms with van der Waals surface area (Å²) >= 11 is 3.33. The summed E-state index contributed by atoms with van der Waals surface area (Å²) < 4.78 is 16.4. The molecule has 138 valence electrons.